The molecule has 0 spiro atoms. The van der Waals surface area contributed by atoms with Crippen molar-refractivity contribution < 1.29 is 19.4 Å². The number of carbonyl (C=O) groups is 2. The van der Waals surface area contributed by atoms with E-state index in [0.717, 1.165) is 0 Å². The first-order valence-electron chi connectivity index (χ1n) is 7.99. The zero-order chi connectivity index (χ0) is 17.9. The Balaban J connectivity index is 2.21. The van der Waals surface area contributed by atoms with Gasteiger partial charge in [0.2, 0.25) is 5.91 Å². The maximum atomic E-state index is 12.6. The Morgan fingerprint density at radius 2 is 2.08 bits per heavy atom. The summed E-state index contributed by atoms with van der Waals surface area (Å²) in [7, 11) is 0. The van der Waals surface area contributed by atoms with E-state index in [1.54, 1.807) is 30.0 Å². The first-order valence-corrected chi connectivity index (χ1v) is 7.99. The summed E-state index contributed by atoms with van der Waals surface area (Å²) >= 11 is 0. The van der Waals surface area contributed by atoms with Crippen LogP contribution >= 0.6 is 0 Å². The molecule has 0 saturated carbocycles. The summed E-state index contributed by atoms with van der Waals surface area (Å²) in [6.45, 7) is 8.09. The van der Waals surface area contributed by atoms with Crippen molar-refractivity contribution >= 4 is 23.3 Å². The van der Waals surface area contributed by atoms with E-state index in [2.05, 4.69) is 10.6 Å². The van der Waals surface area contributed by atoms with Crippen molar-refractivity contribution in [2.24, 2.45) is 5.41 Å². The van der Waals surface area contributed by atoms with Crippen LogP contribution < -0.4 is 20.3 Å². The SMILES string of the molecule is C[C@@H](CO)NC(=O)Nc1ccc2c(c1)N(C(=O)C(C)(C)C)CCO2. The van der Waals surface area contributed by atoms with E-state index in [4.69, 9.17) is 9.84 Å². The van der Waals surface area contributed by atoms with Gasteiger partial charge >= 0.3 is 6.03 Å². The minimum absolute atomic E-state index is 0.00237. The van der Waals surface area contributed by atoms with Crippen LogP contribution in [0.1, 0.15) is 27.7 Å². The van der Waals surface area contributed by atoms with E-state index in [1.807, 2.05) is 20.8 Å². The molecule has 1 aliphatic rings. The van der Waals surface area contributed by atoms with Gasteiger partial charge in [0.25, 0.3) is 0 Å². The molecule has 1 aliphatic heterocycles. The van der Waals surface area contributed by atoms with E-state index in [1.165, 1.54) is 0 Å². The van der Waals surface area contributed by atoms with Gasteiger partial charge in [-0.05, 0) is 25.1 Å². The fourth-order valence-electron chi connectivity index (χ4n) is 2.35. The number of hydrogen-bond acceptors (Lipinski definition) is 4. The average Bonchev–Trinajstić information content (AvgIpc) is 2.52. The number of benzene rings is 1. The van der Waals surface area contributed by atoms with E-state index in [9.17, 15) is 9.59 Å². The Kier molecular flexibility index (Phi) is 5.33. The molecule has 0 bridgehead atoms. The van der Waals surface area contributed by atoms with Crippen LogP contribution in [-0.2, 0) is 4.79 Å². The number of aliphatic hydroxyl groups is 1. The summed E-state index contributed by atoms with van der Waals surface area (Å²) in [4.78, 5) is 26.2. The number of carbonyl (C=O) groups excluding carboxylic acids is 2. The minimum Gasteiger partial charge on any atom is -0.490 e. The molecule has 1 heterocycles. The number of amides is 3. The number of rotatable bonds is 3. The third-order valence-electron chi connectivity index (χ3n) is 3.62. The number of hydrogen-bond donors (Lipinski definition) is 3. The Bertz CT molecular complexity index is 625. The molecule has 24 heavy (non-hydrogen) atoms. The third kappa shape index (κ3) is 4.17. The molecule has 0 fully saturated rings. The van der Waals surface area contributed by atoms with Crippen LogP contribution in [0.2, 0.25) is 0 Å². The van der Waals surface area contributed by atoms with E-state index >= 15 is 0 Å². The van der Waals surface area contributed by atoms with Crippen molar-refractivity contribution in [3.8, 4) is 5.75 Å². The lowest BCUT2D eigenvalue weighted by atomic mass is 9.94. The zero-order valence-corrected chi connectivity index (χ0v) is 14.5. The highest BCUT2D eigenvalue weighted by atomic mass is 16.5. The maximum Gasteiger partial charge on any atom is 0.319 e. The standard InChI is InChI=1S/C17H25N3O4/c1-11(10-21)18-16(23)19-12-5-6-14-13(9-12)20(7-8-24-14)15(22)17(2,3)4/h5-6,9,11,21H,7-8,10H2,1-4H3,(H2,18,19,23)/t11-/m0/s1. The number of aliphatic hydroxyl groups excluding tert-OH is 1. The fourth-order valence-corrected chi connectivity index (χ4v) is 2.35. The van der Waals surface area contributed by atoms with E-state index in [0.29, 0.717) is 30.3 Å². The number of urea groups is 1. The summed E-state index contributed by atoms with van der Waals surface area (Å²) in [6, 6.07) is 4.42. The maximum absolute atomic E-state index is 12.6. The first kappa shape index (κ1) is 18.1. The van der Waals surface area contributed by atoms with Gasteiger partial charge in [-0.15, -0.1) is 0 Å². The molecule has 2 rings (SSSR count). The molecule has 7 heteroatoms. The summed E-state index contributed by atoms with van der Waals surface area (Å²) in [5.74, 6) is 0.621. The molecular formula is C17H25N3O4. The molecule has 1 atom stereocenters. The van der Waals surface area contributed by atoms with Gasteiger partial charge in [-0.1, -0.05) is 20.8 Å². The molecule has 0 aromatic heterocycles. The lowest BCUT2D eigenvalue weighted by Gasteiger charge is -2.34. The Hall–Kier alpha value is -2.28. The average molecular weight is 335 g/mol. The molecule has 0 aliphatic carbocycles. The summed E-state index contributed by atoms with van der Waals surface area (Å²) < 4.78 is 5.60. The molecule has 1 aromatic carbocycles. The second kappa shape index (κ2) is 7.09. The largest absolute Gasteiger partial charge is 0.490 e. The van der Waals surface area contributed by atoms with Gasteiger partial charge in [-0.3, -0.25) is 4.79 Å². The summed E-state index contributed by atoms with van der Waals surface area (Å²) in [5.41, 5.74) is 0.689. The number of fused-ring (bicyclic) bond motifs is 1. The smallest absolute Gasteiger partial charge is 0.319 e. The fraction of sp³-hybridized carbons (Fsp3) is 0.529. The van der Waals surface area contributed by atoms with Gasteiger partial charge in [-0.25, -0.2) is 4.79 Å². The lowest BCUT2D eigenvalue weighted by Crippen LogP contribution is -2.44. The van der Waals surface area contributed by atoms with Crippen molar-refractivity contribution in [3.05, 3.63) is 18.2 Å². The highest BCUT2D eigenvalue weighted by Crippen LogP contribution is 2.36. The van der Waals surface area contributed by atoms with Gasteiger partial charge < -0.3 is 25.4 Å². The molecule has 132 valence electrons. The van der Waals surface area contributed by atoms with Crippen LogP contribution in [0.25, 0.3) is 0 Å². The monoisotopic (exact) mass is 335 g/mol. The second-order valence-electron chi connectivity index (χ2n) is 6.92. The molecule has 0 saturated heterocycles. The van der Waals surface area contributed by atoms with Crippen LogP contribution in [0, 0.1) is 5.41 Å². The predicted octanol–water partition coefficient (Wildman–Crippen LogP) is 1.96. The normalized spacial score (nSPS) is 15.1. The van der Waals surface area contributed by atoms with Gasteiger partial charge in [0.15, 0.2) is 0 Å². The summed E-state index contributed by atoms with van der Waals surface area (Å²) in [5, 5.41) is 14.3. The predicted molar refractivity (Wildman–Crippen MR) is 92.4 cm³/mol. The van der Waals surface area contributed by atoms with Crippen molar-refractivity contribution in [3.63, 3.8) is 0 Å². The van der Waals surface area contributed by atoms with Crippen molar-refractivity contribution in [2.45, 2.75) is 33.7 Å². The third-order valence-corrected chi connectivity index (χ3v) is 3.62. The van der Waals surface area contributed by atoms with Gasteiger partial charge in [0.1, 0.15) is 12.4 Å². The van der Waals surface area contributed by atoms with Crippen LogP contribution in [0.3, 0.4) is 0 Å². The van der Waals surface area contributed by atoms with Gasteiger partial charge in [0, 0.05) is 11.1 Å². The Morgan fingerprint density at radius 1 is 1.38 bits per heavy atom. The minimum atomic E-state index is -0.508. The Morgan fingerprint density at radius 3 is 2.71 bits per heavy atom. The topological polar surface area (TPSA) is 90.9 Å². The summed E-state index contributed by atoms with van der Waals surface area (Å²) in [6.07, 6.45) is 0. The molecular weight excluding hydrogens is 310 g/mol. The molecule has 0 radical (unpaired) electrons. The first-order chi connectivity index (χ1) is 11.2. The van der Waals surface area contributed by atoms with Crippen molar-refractivity contribution in [1.82, 2.24) is 5.32 Å². The number of nitrogens with one attached hydrogen (secondary N) is 2. The highest BCUT2D eigenvalue weighted by Gasteiger charge is 2.32. The van der Waals surface area contributed by atoms with Crippen LogP contribution in [0.15, 0.2) is 18.2 Å². The van der Waals surface area contributed by atoms with Crippen LogP contribution in [0.4, 0.5) is 16.2 Å². The quantitative estimate of drug-likeness (QED) is 0.787. The Labute approximate surface area is 142 Å². The highest BCUT2D eigenvalue weighted by molar-refractivity contribution is 5.99. The molecule has 0 unspecified atom stereocenters. The number of anilines is 2. The molecule has 7 nitrogen and oxygen atoms in total. The number of nitrogens with zero attached hydrogens (tertiary/aromatic N) is 1. The second-order valence-corrected chi connectivity index (χ2v) is 6.92. The lowest BCUT2D eigenvalue weighted by molar-refractivity contribution is -0.126. The van der Waals surface area contributed by atoms with Crippen molar-refractivity contribution in [1.29, 1.82) is 0 Å². The van der Waals surface area contributed by atoms with E-state index < -0.39 is 11.4 Å². The van der Waals surface area contributed by atoms with Gasteiger partial charge in [-0.2, -0.15) is 0 Å². The molecule has 3 amide bonds. The van der Waals surface area contributed by atoms with Gasteiger partial charge in [0.05, 0.1) is 24.9 Å². The molecule has 3 N–H and O–H groups in total. The van der Waals surface area contributed by atoms with Crippen molar-refractivity contribution in [2.75, 3.05) is 30.0 Å². The zero-order valence-electron chi connectivity index (χ0n) is 14.5. The molecule has 1 aromatic rings. The number of ether oxygens (including phenoxy) is 1. The van der Waals surface area contributed by atoms with Crippen LogP contribution in [-0.4, -0.2) is 42.8 Å². The van der Waals surface area contributed by atoms with Crippen LogP contribution in [0.5, 0.6) is 5.75 Å². The van der Waals surface area contributed by atoms with E-state index in [-0.39, 0.29) is 18.6 Å².